The number of non-ortho nitro benzene ring substituents is 1. The molecule has 0 fully saturated rings. The van der Waals surface area contributed by atoms with E-state index < -0.39 is 16.6 Å². The molecular weight excluding hydrogens is 344 g/mol. The zero-order valence-electron chi connectivity index (χ0n) is 13.8. The number of nitrogens with zero attached hydrogens (tertiary/aromatic N) is 5. The van der Waals surface area contributed by atoms with E-state index in [0.29, 0.717) is 30.2 Å². The lowest BCUT2D eigenvalue weighted by molar-refractivity contribution is -0.384. The van der Waals surface area contributed by atoms with Gasteiger partial charge in [0.05, 0.1) is 11.6 Å². The van der Waals surface area contributed by atoms with Crippen LogP contribution in [-0.4, -0.2) is 31.6 Å². The van der Waals surface area contributed by atoms with E-state index in [4.69, 9.17) is 0 Å². The number of nitro benzene ring substituents is 1. The largest absolute Gasteiger partial charge is 0.283 e. The summed E-state index contributed by atoms with van der Waals surface area (Å²) in [7, 11) is 1.80. The lowest BCUT2D eigenvalue weighted by atomic mass is 10.2. The Bertz CT molecular complexity index is 944. The van der Waals surface area contributed by atoms with Gasteiger partial charge in [0.2, 0.25) is 0 Å². The van der Waals surface area contributed by atoms with Crippen molar-refractivity contribution in [2.45, 2.75) is 13.2 Å². The molecule has 0 aliphatic carbocycles. The summed E-state index contributed by atoms with van der Waals surface area (Å²) >= 11 is 0. The molecule has 134 valence electrons. The molecule has 0 atom stereocenters. The molecule has 3 aromatic rings. The summed E-state index contributed by atoms with van der Waals surface area (Å²) < 4.78 is 27.8. The van der Waals surface area contributed by atoms with Crippen molar-refractivity contribution in [3.63, 3.8) is 0 Å². The highest BCUT2D eigenvalue weighted by Gasteiger charge is 2.11. The SMILES string of the molecule is CN(Cc1ccc(F)c(F)c1)Cn1cnc(-c2cccc([N+](=O)[O-])c2)n1. The summed E-state index contributed by atoms with van der Waals surface area (Å²) in [5, 5.41) is 15.2. The normalized spacial score (nSPS) is 11.1. The van der Waals surface area contributed by atoms with E-state index in [2.05, 4.69) is 10.1 Å². The number of halogens is 2. The smallest absolute Gasteiger partial charge is 0.270 e. The number of rotatable bonds is 6. The van der Waals surface area contributed by atoms with Crippen molar-refractivity contribution in [2.75, 3.05) is 7.05 Å². The molecule has 0 aliphatic heterocycles. The number of nitro groups is 1. The summed E-state index contributed by atoms with van der Waals surface area (Å²) in [6.07, 6.45) is 1.51. The van der Waals surface area contributed by atoms with Crippen LogP contribution in [0.4, 0.5) is 14.5 Å². The fraction of sp³-hybridized carbons (Fsp3) is 0.176. The van der Waals surface area contributed by atoms with Crippen LogP contribution in [0.5, 0.6) is 0 Å². The average molecular weight is 359 g/mol. The summed E-state index contributed by atoms with van der Waals surface area (Å²) in [5.41, 5.74) is 1.14. The van der Waals surface area contributed by atoms with Crippen molar-refractivity contribution in [3.8, 4) is 11.4 Å². The van der Waals surface area contributed by atoms with Gasteiger partial charge >= 0.3 is 0 Å². The van der Waals surface area contributed by atoms with Gasteiger partial charge in [-0.3, -0.25) is 15.0 Å². The maximum atomic E-state index is 13.3. The van der Waals surface area contributed by atoms with E-state index in [1.165, 1.54) is 24.5 Å². The molecule has 0 saturated heterocycles. The third-order valence-corrected chi connectivity index (χ3v) is 3.67. The van der Waals surface area contributed by atoms with Crippen LogP contribution in [0.25, 0.3) is 11.4 Å². The molecule has 0 N–H and O–H groups in total. The van der Waals surface area contributed by atoms with Crippen LogP contribution in [0.1, 0.15) is 5.56 Å². The second-order valence-corrected chi connectivity index (χ2v) is 5.82. The Morgan fingerprint density at radius 1 is 1.19 bits per heavy atom. The third-order valence-electron chi connectivity index (χ3n) is 3.67. The minimum absolute atomic E-state index is 0.0331. The summed E-state index contributed by atoms with van der Waals surface area (Å²) in [4.78, 5) is 16.4. The predicted octanol–water partition coefficient (Wildman–Crippen LogP) is 3.22. The first kappa shape index (κ1) is 17.6. The molecule has 1 aromatic heterocycles. The van der Waals surface area contributed by atoms with E-state index >= 15 is 0 Å². The molecule has 0 unspecified atom stereocenters. The zero-order valence-corrected chi connectivity index (χ0v) is 13.8. The van der Waals surface area contributed by atoms with Gasteiger partial charge in [0, 0.05) is 24.2 Å². The van der Waals surface area contributed by atoms with Crippen molar-refractivity contribution in [1.29, 1.82) is 0 Å². The molecule has 0 amide bonds. The topological polar surface area (TPSA) is 77.1 Å². The lowest BCUT2D eigenvalue weighted by Crippen LogP contribution is -2.22. The Morgan fingerprint density at radius 2 is 2.00 bits per heavy atom. The maximum Gasteiger partial charge on any atom is 0.270 e. The van der Waals surface area contributed by atoms with Crippen LogP contribution in [0.3, 0.4) is 0 Å². The Hall–Kier alpha value is -3.20. The minimum atomic E-state index is -0.885. The van der Waals surface area contributed by atoms with Gasteiger partial charge in [0.1, 0.15) is 6.33 Å². The fourth-order valence-corrected chi connectivity index (χ4v) is 2.50. The maximum absolute atomic E-state index is 13.3. The van der Waals surface area contributed by atoms with Gasteiger partial charge < -0.3 is 0 Å². The fourth-order valence-electron chi connectivity index (χ4n) is 2.50. The molecule has 0 radical (unpaired) electrons. The van der Waals surface area contributed by atoms with Gasteiger partial charge in [-0.05, 0) is 24.7 Å². The zero-order chi connectivity index (χ0) is 18.7. The first-order valence-electron chi connectivity index (χ1n) is 7.69. The second-order valence-electron chi connectivity index (χ2n) is 5.82. The molecule has 2 aromatic carbocycles. The van der Waals surface area contributed by atoms with E-state index in [-0.39, 0.29) is 5.69 Å². The highest BCUT2D eigenvalue weighted by Crippen LogP contribution is 2.20. The van der Waals surface area contributed by atoms with Crippen LogP contribution in [0.15, 0.2) is 48.8 Å². The summed E-state index contributed by atoms with van der Waals surface area (Å²) in [6.45, 7) is 0.754. The van der Waals surface area contributed by atoms with Crippen molar-refractivity contribution in [2.24, 2.45) is 0 Å². The van der Waals surface area contributed by atoms with Crippen molar-refractivity contribution in [3.05, 3.63) is 76.1 Å². The van der Waals surface area contributed by atoms with Crippen molar-refractivity contribution >= 4 is 5.69 Å². The Morgan fingerprint density at radius 3 is 2.73 bits per heavy atom. The van der Waals surface area contributed by atoms with Crippen molar-refractivity contribution < 1.29 is 13.7 Å². The quantitative estimate of drug-likeness (QED) is 0.499. The van der Waals surface area contributed by atoms with Gasteiger partial charge in [0.15, 0.2) is 17.5 Å². The van der Waals surface area contributed by atoms with Crippen LogP contribution < -0.4 is 0 Å². The van der Waals surface area contributed by atoms with Gasteiger partial charge in [-0.2, -0.15) is 0 Å². The van der Waals surface area contributed by atoms with E-state index in [9.17, 15) is 18.9 Å². The van der Waals surface area contributed by atoms with Gasteiger partial charge in [0.25, 0.3) is 5.69 Å². The molecule has 9 heteroatoms. The van der Waals surface area contributed by atoms with Crippen LogP contribution in [-0.2, 0) is 13.2 Å². The Labute approximate surface area is 147 Å². The lowest BCUT2D eigenvalue weighted by Gasteiger charge is -2.16. The second kappa shape index (κ2) is 7.36. The van der Waals surface area contributed by atoms with Gasteiger partial charge in [-0.25, -0.2) is 18.4 Å². The van der Waals surface area contributed by atoms with E-state index in [1.807, 2.05) is 4.90 Å². The molecule has 0 bridgehead atoms. The molecule has 0 saturated carbocycles. The predicted molar refractivity (Wildman–Crippen MR) is 89.9 cm³/mol. The average Bonchev–Trinajstić information content (AvgIpc) is 3.06. The van der Waals surface area contributed by atoms with Gasteiger partial charge in [-0.15, -0.1) is 5.10 Å². The van der Waals surface area contributed by atoms with Crippen LogP contribution in [0, 0.1) is 21.7 Å². The third kappa shape index (κ3) is 4.06. The first-order chi connectivity index (χ1) is 12.4. The Kier molecular flexibility index (Phi) is 4.99. The molecular formula is C17H15F2N5O2. The number of benzene rings is 2. The van der Waals surface area contributed by atoms with Crippen LogP contribution >= 0.6 is 0 Å². The molecule has 7 nitrogen and oxygen atoms in total. The van der Waals surface area contributed by atoms with E-state index in [0.717, 1.165) is 12.1 Å². The summed E-state index contributed by atoms with van der Waals surface area (Å²) in [6, 6.07) is 9.84. The summed E-state index contributed by atoms with van der Waals surface area (Å²) in [5.74, 6) is -1.39. The van der Waals surface area contributed by atoms with Crippen LogP contribution in [0.2, 0.25) is 0 Å². The molecule has 3 rings (SSSR count). The Balaban J connectivity index is 1.69. The van der Waals surface area contributed by atoms with Crippen molar-refractivity contribution in [1.82, 2.24) is 19.7 Å². The highest BCUT2D eigenvalue weighted by atomic mass is 19.2. The minimum Gasteiger partial charge on any atom is -0.283 e. The monoisotopic (exact) mass is 359 g/mol. The molecule has 1 heterocycles. The highest BCUT2D eigenvalue weighted by molar-refractivity contribution is 5.58. The standard InChI is InChI=1S/C17H15F2N5O2/c1-22(9-12-5-6-15(18)16(19)7-12)11-23-10-20-17(21-23)13-3-2-4-14(8-13)24(25)26/h2-8,10H,9,11H2,1H3. The first-order valence-corrected chi connectivity index (χ1v) is 7.69. The number of aromatic nitrogens is 3. The van der Waals surface area contributed by atoms with E-state index in [1.54, 1.807) is 23.9 Å². The molecule has 26 heavy (non-hydrogen) atoms. The van der Waals surface area contributed by atoms with Gasteiger partial charge in [-0.1, -0.05) is 18.2 Å². The molecule has 0 spiro atoms. The molecule has 0 aliphatic rings. The number of hydrogen-bond acceptors (Lipinski definition) is 5. The number of hydrogen-bond donors (Lipinski definition) is 0.